The summed E-state index contributed by atoms with van der Waals surface area (Å²) in [5, 5.41) is 86.8. The Hall–Kier alpha value is -0.560. The minimum Gasteiger partial charge on any atom is -0.394 e. The van der Waals surface area contributed by atoms with E-state index in [1.165, 1.54) is 44.9 Å². The Balaban J connectivity index is 0.000000171. The standard InChI is InChI=1S/C27H44O3.C12H22O11/c1-16-7-12-27(29-15-16)17(2)24-23(30-27)14-22-20-6-5-18-13-19(28)8-10-25(18,3)21(20)9-11-26(22,24)4;13-1-3-5(15)6(16)9(19)12(22-3)23-10-4(2-14)21-11(20)8(18)7(10)17/h16-24,28H,5-15H2,1-4H3;3-20H,1-2H2/t16-,17+,18+,19+,20-,21+,22+,23+,24+,25+,26+,27-;3-,4-,5-,6+,7-,8-,9-,10-,11-,12+/m11/s1. The lowest BCUT2D eigenvalue weighted by Gasteiger charge is -2.61. The highest BCUT2D eigenvalue weighted by molar-refractivity contribution is 5.15. The Morgan fingerprint density at radius 1 is 0.679 bits per heavy atom. The zero-order chi connectivity index (χ0) is 38.2. The average Bonchev–Trinajstić information content (AvgIpc) is 3.59. The van der Waals surface area contributed by atoms with Crippen LogP contribution in [0.25, 0.3) is 0 Å². The van der Waals surface area contributed by atoms with Crippen molar-refractivity contribution in [3.05, 3.63) is 0 Å². The maximum Gasteiger partial charge on any atom is 0.187 e. The molecule has 4 heterocycles. The first-order valence-electron chi connectivity index (χ1n) is 20.3. The van der Waals surface area contributed by atoms with Gasteiger partial charge in [-0.15, -0.1) is 0 Å². The van der Waals surface area contributed by atoms with Crippen molar-refractivity contribution in [1.29, 1.82) is 0 Å². The van der Waals surface area contributed by atoms with Crippen molar-refractivity contribution in [3.8, 4) is 0 Å². The number of hydrogen-bond donors (Lipinski definition) is 9. The van der Waals surface area contributed by atoms with Crippen molar-refractivity contribution in [3.63, 3.8) is 0 Å². The lowest BCUT2D eigenvalue weighted by Crippen LogP contribution is -2.64. The van der Waals surface area contributed by atoms with E-state index in [2.05, 4.69) is 27.7 Å². The predicted octanol–water partition coefficient (Wildman–Crippen LogP) is 0.397. The fourth-order valence-corrected chi connectivity index (χ4v) is 12.8. The van der Waals surface area contributed by atoms with Crippen LogP contribution in [0, 0.1) is 52.3 Å². The quantitative estimate of drug-likeness (QED) is 0.189. The number of rotatable bonds is 4. The molecule has 1 spiro atoms. The van der Waals surface area contributed by atoms with E-state index in [4.69, 9.17) is 28.8 Å². The first-order valence-corrected chi connectivity index (χ1v) is 20.3. The van der Waals surface area contributed by atoms with E-state index in [9.17, 15) is 40.9 Å². The minimum atomic E-state index is -1.74. The maximum absolute atomic E-state index is 10.3. The summed E-state index contributed by atoms with van der Waals surface area (Å²) in [4.78, 5) is 0. The normalized spacial score (nSPS) is 57.8. The second-order valence-electron chi connectivity index (χ2n) is 18.6. The summed E-state index contributed by atoms with van der Waals surface area (Å²) in [5.41, 5.74) is 0.899. The second-order valence-corrected chi connectivity index (χ2v) is 18.6. The van der Waals surface area contributed by atoms with Crippen LogP contribution >= 0.6 is 0 Å². The molecule has 4 aliphatic heterocycles. The molecule has 0 amide bonds. The van der Waals surface area contributed by atoms with Crippen molar-refractivity contribution in [2.45, 2.75) is 171 Å². The number of fused-ring (bicyclic) bond motifs is 7. The highest BCUT2D eigenvalue weighted by atomic mass is 16.7. The fraction of sp³-hybridized carbons (Fsp3) is 1.00. The summed E-state index contributed by atoms with van der Waals surface area (Å²) >= 11 is 0. The fourth-order valence-electron chi connectivity index (χ4n) is 12.8. The van der Waals surface area contributed by atoms with Gasteiger partial charge in [-0.2, -0.15) is 0 Å². The Kier molecular flexibility index (Phi) is 11.7. The molecule has 4 aliphatic carbocycles. The summed E-state index contributed by atoms with van der Waals surface area (Å²) in [6.45, 7) is 9.54. The van der Waals surface area contributed by atoms with E-state index in [-0.39, 0.29) is 11.9 Å². The number of aliphatic hydroxyl groups is 9. The van der Waals surface area contributed by atoms with Crippen molar-refractivity contribution in [1.82, 2.24) is 0 Å². The van der Waals surface area contributed by atoms with Crippen LogP contribution in [0.1, 0.15) is 91.9 Å². The summed E-state index contributed by atoms with van der Waals surface area (Å²) in [6.07, 6.45) is -2.71. The maximum atomic E-state index is 10.3. The zero-order valence-corrected chi connectivity index (χ0v) is 31.7. The molecule has 53 heavy (non-hydrogen) atoms. The van der Waals surface area contributed by atoms with Gasteiger partial charge in [-0.05, 0) is 104 Å². The first kappa shape index (κ1) is 40.6. The molecule has 8 rings (SSSR count). The van der Waals surface area contributed by atoms with Crippen LogP contribution in [-0.4, -0.2) is 145 Å². The van der Waals surface area contributed by atoms with Crippen molar-refractivity contribution >= 4 is 0 Å². The van der Waals surface area contributed by atoms with Gasteiger partial charge >= 0.3 is 0 Å². The van der Waals surface area contributed by atoms with Crippen LogP contribution in [0.2, 0.25) is 0 Å². The molecule has 8 aliphatic rings. The molecule has 306 valence electrons. The molecule has 22 atom stereocenters. The number of aliphatic hydroxyl groups excluding tert-OH is 9. The highest BCUT2D eigenvalue weighted by Gasteiger charge is 2.69. The van der Waals surface area contributed by atoms with Crippen LogP contribution in [0.4, 0.5) is 0 Å². The topological polar surface area (TPSA) is 228 Å². The largest absolute Gasteiger partial charge is 0.394 e. The molecular weight excluding hydrogens is 692 g/mol. The van der Waals surface area contributed by atoms with Gasteiger partial charge in [0.2, 0.25) is 0 Å². The van der Waals surface area contributed by atoms with Gasteiger partial charge in [-0.3, -0.25) is 0 Å². The van der Waals surface area contributed by atoms with Gasteiger partial charge in [-0.1, -0.05) is 27.7 Å². The van der Waals surface area contributed by atoms with Crippen molar-refractivity contribution in [2.75, 3.05) is 19.8 Å². The van der Waals surface area contributed by atoms with Crippen molar-refractivity contribution < 1.29 is 69.6 Å². The number of hydrogen-bond acceptors (Lipinski definition) is 14. The Morgan fingerprint density at radius 2 is 1.40 bits per heavy atom. The van der Waals surface area contributed by atoms with E-state index in [0.29, 0.717) is 34.7 Å². The molecule has 0 aromatic rings. The monoisotopic (exact) mass is 758 g/mol. The summed E-state index contributed by atoms with van der Waals surface area (Å²) in [5.74, 6) is 4.93. The smallest absolute Gasteiger partial charge is 0.187 e. The van der Waals surface area contributed by atoms with Crippen LogP contribution in [-0.2, 0) is 23.7 Å². The third kappa shape index (κ3) is 6.85. The average molecular weight is 759 g/mol. The molecule has 0 unspecified atom stereocenters. The molecule has 0 bridgehead atoms. The molecule has 0 aromatic carbocycles. The second kappa shape index (κ2) is 15.3. The van der Waals surface area contributed by atoms with Gasteiger partial charge in [0.25, 0.3) is 0 Å². The van der Waals surface area contributed by atoms with Crippen molar-refractivity contribution in [2.24, 2.45) is 52.3 Å². The Bertz CT molecular complexity index is 1250. The molecule has 8 fully saturated rings. The number of ether oxygens (including phenoxy) is 5. The van der Waals surface area contributed by atoms with Gasteiger partial charge < -0.3 is 69.6 Å². The summed E-state index contributed by atoms with van der Waals surface area (Å²) < 4.78 is 28.6. The minimum absolute atomic E-state index is 0.0389. The molecule has 4 saturated heterocycles. The van der Waals surface area contributed by atoms with E-state index in [1.54, 1.807) is 0 Å². The third-order valence-electron chi connectivity index (χ3n) is 15.9. The summed E-state index contributed by atoms with van der Waals surface area (Å²) in [7, 11) is 0. The van der Waals surface area contributed by atoms with Gasteiger partial charge in [0.05, 0.1) is 32.0 Å². The van der Waals surface area contributed by atoms with Crippen LogP contribution in [0.15, 0.2) is 0 Å². The molecule has 0 radical (unpaired) electrons. The van der Waals surface area contributed by atoms with E-state index >= 15 is 0 Å². The van der Waals surface area contributed by atoms with Gasteiger partial charge in [0.15, 0.2) is 18.4 Å². The van der Waals surface area contributed by atoms with Gasteiger partial charge in [0.1, 0.15) is 48.8 Å². The Labute approximate surface area is 312 Å². The van der Waals surface area contributed by atoms with Gasteiger partial charge in [-0.25, -0.2) is 0 Å². The molecule has 14 heteroatoms. The third-order valence-corrected chi connectivity index (χ3v) is 15.9. The van der Waals surface area contributed by atoms with Crippen LogP contribution in [0.5, 0.6) is 0 Å². The van der Waals surface area contributed by atoms with Gasteiger partial charge in [0, 0.05) is 12.3 Å². The van der Waals surface area contributed by atoms with E-state index < -0.39 is 74.6 Å². The first-order chi connectivity index (χ1) is 25.1. The van der Waals surface area contributed by atoms with Crippen LogP contribution < -0.4 is 0 Å². The molecule has 4 saturated carbocycles. The van der Waals surface area contributed by atoms with Crippen LogP contribution in [0.3, 0.4) is 0 Å². The van der Waals surface area contributed by atoms with E-state index in [1.807, 2.05) is 0 Å². The molecule has 9 N–H and O–H groups in total. The lowest BCUT2D eigenvalue weighted by molar-refractivity contribution is -0.355. The lowest BCUT2D eigenvalue weighted by atomic mass is 9.44. The molecular formula is C39H66O14. The Morgan fingerprint density at radius 3 is 2.08 bits per heavy atom. The van der Waals surface area contributed by atoms with E-state index in [0.717, 1.165) is 49.5 Å². The zero-order valence-electron chi connectivity index (χ0n) is 31.7. The molecule has 0 aromatic heterocycles. The predicted molar refractivity (Wildman–Crippen MR) is 186 cm³/mol. The SMILES string of the molecule is C[C@@H]1CC[C@@]2(OC1)O[C@H]1C[C@H]3[C@@H]4CC[C@H]5C[C@@H](O)CC[C@]5(C)[C@H]4CC[C@]3(C)[C@H]1[C@@H]2C.OC[C@H]1O[C@@H](O[C@H]2[C@H](O)[C@@H](O)[C@H](O)O[C@@H]2CO)[C@H](O)[C@@H](O)[C@@H]1O. The highest BCUT2D eigenvalue weighted by Crippen LogP contribution is 2.71. The summed E-state index contributed by atoms with van der Waals surface area (Å²) in [6, 6.07) is 0. The molecule has 14 nitrogen and oxygen atoms in total.